The van der Waals surface area contributed by atoms with Crippen LogP contribution < -0.4 is 16.3 Å². The van der Waals surface area contributed by atoms with Crippen molar-refractivity contribution in [3.8, 4) is 17.2 Å². The van der Waals surface area contributed by atoms with Crippen molar-refractivity contribution in [1.82, 2.24) is 33.6 Å². The molecule has 6 heterocycles. The summed E-state index contributed by atoms with van der Waals surface area (Å²) >= 11 is 0. The predicted octanol–water partition coefficient (Wildman–Crippen LogP) is 6.67. The van der Waals surface area contributed by atoms with Crippen LogP contribution in [0.15, 0.2) is 71.0 Å². The number of hydrogen-bond acceptors (Lipinski definition) is 8. The minimum absolute atomic E-state index is 0.0167. The number of amidine groups is 1. The van der Waals surface area contributed by atoms with Crippen molar-refractivity contribution >= 4 is 28.3 Å². The van der Waals surface area contributed by atoms with Crippen molar-refractivity contribution in [3.05, 3.63) is 117 Å². The van der Waals surface area contributed by atoms with Crippen LogP contribution in [0.25, 0.3) is 28.1 Å². The first-order chi connectivity index (χ1) is 30.0. The Morgan fingerprint density at radius 2 is 1.71 bits per heavy atom. The maximum atomic E-state index is 16.1. The first-order valence-corrected chi connectivity index (χ1v) is 21.7. The molecular weight excluding hydrogens is 807 g/mol. The third-order valence-electron chi connectivity index (χ3n) is 14.3. The first-order valence-electron chi connectivity index (χ1n) is 21.7. The largest absolute Gasteiger partial charge is 0.409 e. The van der Waals surface area contributed by atoms with Gasteiger partial charge in [-0.25, -0.2) is 18.3 Å². The molecule has 6 aromatic rings. The number of nitrogens with two attached hydrogens (primary N) is 1. The summed E-state index contributed by atoms with van der Waals surface area (Å²) in [6.07, 6.45) is 7.71. The zero-order chi connectivity index (χ0) is 44.4. The second-order valence-electron chi connectivity index (χ2n) is 18.7. The second kappa shape index (κ2) is 14.4. The van der Waals surface area contributed by atoms with E-state index in [0.717, 1.165) is 24.1 Å². The second-order valence-corrected chi connectivity index (χ2v) is 18.7. The molecule has 3 N–H and O–H groups in total. The van der Waals surface area contributed by atoms with Crippen LogP contribution in [0.5, 0.6) is 0 Å². The molecule has 5 atom stereocenters. The summed E-state index contributed by atoms with van der Waals surface area (Å²) in [5.74, 6) is -0.307. The Balaban J connectivity index is 1.07. The number of hydrogen-bond donors (Lipinski definition) is 2. The third-order valence-corrected chi connectivity index (χ3v) is 14.3. The van der Waals surface area contributed by atoms with E-state index in [4.69, 9.17) is 15.6 Å². The number of rotatable bonds is 7. The number of aromatic nitrogens is 6. The molecule has 10 rings (SSSR count). The summed E-state index contributed by atoms with van der Waals surface area (Å²) in [6.45, 7) is 12.6. The lowest BCUT2D eigenvalue weighted by molar-refractivity contribution is -0.135. The fourth-order valence-corrected chi connectivity index (χ4v) is 10.9. The summed E-state index contributed by atoms with van der Waals surface area (Å²) in [7, 11) is 1.72. The number of amides is 1. The lowest BCUT2D eigenvalue weighted by atomic mass is 9.83. The van der Waals surface area contributed by atoms with E-state index in [0.29, 0.717) is 77.7 Å². The number of ether oxygens (including phenoxy) is 1. The maximum absolute atomic E-state index is 16.1. The summed E-state index contributed by atoms with van der Waals surface area (Å²) in [5.41, 5.74) is 11.3. The van der Waals surface area contributed by atoms with E-state index < -0.39 is 29.1 Å². The number of anilines is 1. The highest BCUT2D eigenvalue weighted by molar-refractivity contribution is 6.01. The van der Waals surface area contributed by atoms with Gasteiger partial charge in [0, 0.05) is 56.7 Å². The van der Waals surface area contributed by atoms with Crippen LogP contribution in [0.4, 0.5) is 14.5 Å². The smallest absolute Gasteiger partial charge is 0.338 e. The fourth-order valence-electron chi connectivity index (χ4n) is 10.9. The van der Waals surface area contributed by atoms with Crippen LogP contribution in [-0.2, 0) is 29.4 Å². The number of carbonyl (C=O) groups excluding carboxylic acids is 1. The third kappa shape index (κ3) is 6.15. The standard InChI is InChI=1S/C47H52F2N10O4/c1-25-18-32(19-26(2)40(25)48)59-42(57-16-15-56(45(57)61)37-11-10-36-33(41(37)49)24-51-54(36)7)39-28(4)55(14-12-34(39)52-59)43(60)38-21-31-20-29(30-13-17-63-46(5,6)23-30)8-9-35(31)58(38)47(22-27(47)3)44(50)53-62/h8-11,15-16,18-20,24,27-28,30,38,62H,12-14,17,21-23H2,1-7H3,(H2,50,53)/t27-,28-,30?,38?,47?/m0/s1. The van der Waals surface area contributed by atoms with Gasteiger partial charge in [0.15, 0.2) is 11.7 Å². The number of imidazole rings is 1. The van der Waals surface area contributed by atoms with Gasteiger partial charge in [0.25, 0.3) is 0 Å². The molecule has 0 bridgehead atoms. The molecule has 3 aromatic carbocycles. The van der Waals surface area contributed by atoms with E-state index in [9.17, 15) is 10.0 Å². The summed E-state index contributed by atoms with van der Waals surface area (Å²) < 4.78 is 43.1. The molecule has 1 aliphatic carbocycles. The Hall–Kier alpha value is -6.29. The van der Waals surface area contributed by atoms with E-state index >= 15 is 13.6 Å². The van der Waals surface area contributed by atoms with Gasteiger partial charge >= 0.3 is 5.69 Å². The number of benzene rings is 3. The Morgan fingerprint density at radius 3 is 2.41 bits per heavy atom. The van der Waals surface area contributed by atoms with Crippen molar-refractivity contribution in [2.45, 2.75) is 103 Å². The van der Waals surface area contributed by atoms with Crippen molar-refractivity contribution in [3.63, 3.8) is 0 Å². The molecule has 4 aliphatic rings. The molecule has 63 heavy (non-hydrogen) atoms. The van der Waals surface area contributed by atoms with Crippen LogP contribution in [0.3, 0.4) is 0 Å². The normalized spacial score (nSPS) is 24.2. The molecule has 3 unspecified atom stereocenters. The number of halogens is 2. The number of nitrogens with zero attached hydrogens (tertiary/aromatic N) is 9. The zero-order valence-electron chi connectivity index (χ0n) is 36.6. The van der Waals surface area contributed by atoms with Gasteiger partial charge in [0.2, 0.25) is 5.91 Å². The molecule has 1 saturated carbocycles. The first kappa shape index (κ1) is 40.8. The zero-order valence-corrected chi connectivity index (χ0v) is 36.6. The number of oxime groups is 1. The van der Waals surface area contributed by atoms with Crippen molar-refractivity contribution in [2.75, 3.05) is 18.1 Å². The van der Waals surface area contributed by atoms with Gasteiger partial charge in [0.05, 0.1) is 45.8 Å². The van der Waals surface area contributed by atoms with Gasteiger partial charge in [-0.15, -0.1) is 0 Å². The van der Waals surface area contributed by atoms with Gasteiger partial charge < -0.3 is 25.5 Å². The average Bonchev–Trinajstić information content (AvgIpc) is 3.69. The quantitative estimate of drug-likeness (QED) is 0.0782. The van der Waals surface area contributed by atoms with Crippen molar-refractivity contribution < 1.29 is 23.5 Å². The Bertz CT molecular complexity index is 2940. The molecular formula is C47H52F2N10O4. The topological polar surface area (TPSA) is 154 Å². The summed E-state index contributed by atoms with van der Waals surface area (Å²) in [5, 5.41) is 23.2. The van der Waals surface area contributed by atoms with E-state index in [1.807, 2.05) is 11.8 Å². The van der Waals surface area contributed by atoms with E-state index in [1.165, 1.54) is 27.1 Å². The Labute approximate surface area is 363 Å². The van der Waals surface area contributed by atoms with Gasteiger partial charge in [0.1, 0.15) is 23.2 Å². The van der Waals surface area contributed by atoms with Crippen LogP contribution in [0.1, 0.15) is 92.4 Å². The molecule has 3 aliphatic heterocycles. The molecule has 2 fully saturated rings. The maximum Gasteiger partial charge on any atom is 0.338 e. The van der Waals surface area contributed by atoms with Crippen LogP contribution in [0.2, 0.25) is 0 Å². The van der Waals surface area contributed by atoms with Crippen LogP contribution >= 0.6 is 0 Å². The number of carbonyl (C=O) groups is 1. The highest BCUT2D eigenvalue weighted by Crippen LogP contribution is 2.55. The Morgan fingerprint density at radius 1 is 1.00 bits per heavy atom. The SMILES string of the molecule is Cc1cc(-n2nc3c(c2-n2ccn(-c4ccc5c(cnn5C)c4F)c2=O)[C@H](C)N(C(=O)C2Cc4cc(C5CCOC(C)(C)C5)ccc4N2C2(/C(N)=N\O)C[C@@H]2C)CC3)cc(C)c1F. The van der Waals surface area contributed by atoms with Gasteiger partial charge in [-0.3, -0.25) is 18.6 Å². The predicted molar refractivity (Wildman–Crippen MR) is 234 cm³/mol. The number of fused-ring (bicyclic) bond motifs is 3. The van der Waals surface area contributed by atoms with Gasteiger partial charge in [-0.1, -0.05) is 24.2 Å². The Kier molecular flexibility index (Phi) is 9.30. The lowest BCUT2D eigenvalue weighted by Crippen LogP contribution is -2.58. The van der Waals surface area contributed by atoms with Crippen molar-refractivity contribution in [1.29, 1.82) is 0 Å². The molecule has 14 nitrogen and oxygen atoms in total. The number of aryl methyl sites for hydroxylation is 3. The molecule has 3 aromatic heterocycles. The minimum Gasteiger partial charge on any atom is -0.409 e. The van der Waals surface area contributed by atoms with E-state index in [-0.39, 0.29) is 40.2 Å². The monoisotopic (exact) mass is 858 g/mol. The molecule has 16 heteroatoms. The van der Waals surface area contributed by atoms with Gasteiger partial charge in [-0.2, -0.15) is 10.2 Å². The van der Waals surface area contributed by atoms with Crippen LogP contribution in [-0.4, -0.2) is 80.9 Å². The van der Waals surface area contributed by atoms with Crippen LogP contribution in [0, 0.1) is 31.4 Å². The van der Waals surface area contributed by atoms with E-state index in [2.05, 4.69) is 54.1 Å². The van der Waals surface area contributed by atoms with Crippen molar-refractivity contribution in [2.24, 2.45) is 23.9 Å². The molecule has 0 spiro atoms. The summed E-state index contributed by atoms with van der Waals surface area (Å²) in [4.78, 5) is 34.0. The highest BCUT2D eigenvalue weighted by Gasteiger charge is 2.64. The average molecular weight is 859 g/mol. The summed E-state index contributed by atoms with van der Waals surface area (Å²) in [6, 6.07) is 11.8. The van der Waals surface area contributed by atoms with Gasteiger partial charge in [-0.05, 0) is 118 Å². The highest BCUT2D eigenvalue weighted by atomic mass is 19.1. The molecule has 328 valence electrons. The fraction of sp³-hybridized carbons (Fsp3) is 0.426. The molecule has 0 radical (unpaired) electrons. The molecule has 1 saturated heterocycles. The molecule has 1 amide bonds. The minimum atomic E-state index is -0.856. The van der Waals surface area contributed by atoms with E-state index in [1.54, 1.807) is 60.7 Å². The lowest BCUT2D eigenvalue weighted by Gasteiger charge is -2.40.